The lowest BCUT2D eigenvalue weighted by atomic mass is 9.62. The molecule has 2 aliphatic rings. The van der Waals surface area contributed by atoms with Gasteiger partial charge in [0.25, 0.3) is 0 Å². The molecule has 1 fully saturated rings. The summed E-state index contributed by atoms with van der Waals surface area (Å²) in [5.74, 6) is -4.00. The van der Waals surface area contributed by atoms with E-state index in [1.807, 2.05) is 24.3 Å². The summed E-state index contributed by atoms with van der Waals surface area (Å²) in [4.78, 5) is 36.4. The van der Waals surface area contributed by atoms with Gasteiger partial charge in [0, 0.05) is 35.6 Å². The van der Waals surface area contributed by atoms with Gasteiger partial charge in [-0.1, -0.05) is 30.3 Å². The van der Waals surface area contributed by atoms with Gasteiger partial charge in [-0.15, -0.1) is 0 Å². The minimum atomic E-state index is -2.74. The van der Waals surface area contributed by atoms with Gasteiger partial charge >= 0.3 is 17.9 Å². The lowest BCUT2D eigenvalue weighted by molar-refractivity contribution is -0.170. The molecule has 12 heteroatoms. The minimum absolute atomic E-state index is 0.123. The fraction of sp³-hybridized carbons (Fsp3) is 0.469. The van der Waals surface area contributed by atoms with Crippen molar-refractivity contribution in [2.24, 2.45) is 5.92 Å². The van der Waals surface area contributed by atoms with E-state index < -0.39 is 42.0 Å². The van der Waals surface area contributed by atoms with E-state index in [4.69, 9.17) is 25.2 Å². The predicted octanol–water partition coefficient (Wildman–Crippen LogP) is 2.52. The Morgan fingerprint density at radius 1 is 1.02 bits per heavy atom. The molecule has 238 valence electrons. The molecule has 3 atom stereocenters. The molecule has 7 N–H and O–H groups in total. The number of benzene rings is 2. The molecule has 44 heavy (non-hydrogen) atoms. The Morgan fingerprint density at radius 3 is 2.25 bits per heavy atom. The van der Waals surface area contributed by atoms with Crippen LogP contribution in [0.2, 0.25) is 0 Å². The summed E-state index contributed by atoms with van der Waals surface area (Å²) in [6, 6.07) is 16.6. The third-order valence-electron chi connectivity index (χ3n) is 8.78. The number of carbonyl (C=O) groups is 3. The highest BCUT2D eigenvalue weighted by Crippen LogP contribution is 2.51. The van der Waals surface area contributed by atoms with Gasteiger partial charge in [0.2, 0.25) is 0 Å². The Hall–Kier alpha value is -3.97. The van der Waals surface area contributed by atoms with E-state index in [1.54, 1.807) is 7.11 Å². The molecule has 1 saturated carbocycles. The second-order valence-corrected chi connectivity index (χ2v) is 12.1. The number of aromatic amines is 1. The normalized spacial score (nSPS) is 23.1. The average Bonchev–Trinajstić information content (AvgIpc) is 3.34. The number of nitrogens with one attached hydrogen (secondary N) is 2. The molecule has 0 amide bonds. The maximum atomic E-state index is 11.9. The van der Waals surface area contributed by atoms with Gasteiger partial charge < -0.3 is 45.5 Å². The lowest BCUT2D eigenvalue weighted by Gasteiger charge is -2.51. The zero-order chi connectivity index (χ0) is 32.3. The smallest absolute Gasteiger partial charge is 0.336 e. The summed E-state index contributed by atoms with van der Waals surface area (Å²) < 4.78 is 5.49. The minimum Gasteiger partial charge on any atom is -0.497 e. The second kappa shape index (κ2) is 12.9. The van der Waals surface area contributed by atoms with Crippen LogP contribution in [-0.4, -0.2) is 93.2 Å². The summed E-state index contributed by atoms with van der Waals surface area (Å²) in [6.07, 6.45) is 1.25. The van der Waals surface area contributed by atoms with E-state index in [2.05, 4.69) is 53.6 Å². The van der Waals surface area contributed by atoms with Crippen molar-refractivity contribution >= 4 is 28.8 Å². The molecule has 2 aromatic carbocycles. The molecule has 2 heterocycles. The van der Waals surface area contributed by atoms with E-state index in [1.165, 1.54) is 22.2 Å². The first kappa shape index (κ1) is 32.9. The number of methoxy groups -OCH3 is 1. The molecule has 0 radical (unpaired) electrons. The number of hydrogen-bond acceptors (Lipinski definition) is 8. The van der Waals surface area contributed by atoms with Gasteiger partial charge in [-0.25, -0.2) is 4.79 Å². The molecule has 1 aliphatic carbocycles. The highest BCUT2D eigenvalue weighted by Gasteiger charge is 2.52. The van der Waals surface area contributed by atoms with E-state index in [-0.39, 0.29) is 11.5 Å². The highest BCUT2D eigenvalue weighted by molar-refractivity contribution is 5.88. The second-order valence-electron chi connectivity index (χ2n) is 12.1. The van der Waals surface area contributed by atoms with E-state index >= 15 is 0 Å². The summed E-state index contributed by atoms with van der Waals surface area (Å²) in [5, 5.41) is 50.9. The van der Waals surface area contributed by atoms with Gasteiger partial charge in [0.1, 0.15) is 5.75 Å². The highest BCUT2D eigenvalue weighted by atomic mass is 16.5. The van der Waals surface area contributed by atoms with Crippen LogP contribution >= 0.6 is 0 Å². The maximum Gasteiger partial charge on any atom is 0.336 e. The van der Waals surface area contributed by atoms with Crippen molar-refractivity contribution in [2.75, 3.05) is 34.3 Å². The molecular formula is C32H41N3O9. The topological polar surface area (TPSA) is 193 Å². The van der Waals surface area contributed by atoms with E-state index in [0.29, 0.717) is 0 Å². The van der Waals surface area contributed by atoms with Crippen LogP contribution in [0.1, 0.15) is 48.9 Å². The molecule has 12 nitrogen and oxygen atoms in total. The van der Waals surface area contributed by atoms with Gasteiger partial charge in [-0.2, -0.15) is 0 Å². The first-order valence-corrected chi connectivity index (χ1v) is 14.5. The fourth-order valence-corrected chi connectivity index (χ4v) is 6.70. The van der Waals surface area contributed by atoms with Crippen LogP contribution in [0.4, 0.5) is 0 Å². The zero-order valence-electron chi connectivity index (χ0n) is 25.2. The summed E-state index contributed by atoms with van der Waals surface area (Å²) in [5.41, 5.74) is 1.23. The number of aliphatic hydroxyl groups is 2. The van der Waals surface area contributed by atoms with Gasteiger partial charge in [-0.3, -0.25) is 9.59 Å². The Bertz CT molecular complexity index is 1490. The van der Waals surface area contributed by atoms with Crippen LogP contribution in [0.3, 0.4) is 0 Å². The molecule has 1 aliphatic heterocycles. The maximum absolute atomic E-state index is 11.9. The summed E-state index contributed by atoms with van der Waals surface area (Å²) in [7, 11) is 5.92. The van der Waals surface area contributed by atoms with Gasteiger partial charge in [-0.05, 0) is 69.1 Å². The first-order chi connectivity index (χ1) is 20.7. The number of carboxylic acids is 3. The van der Waals surface area contributed by atoms with Crippen molar-refractivity contribution in [3.63, 3.8) is 0 Å². The fourth-order valence-electron chi connectivity index (χ4n) is 6.70. The SMILES string of the molecule is COc1ccc2[nH]c3c(c2c1)CCNC31CCC(O)(c2ccccc2)C(CN(C)C)C1.O=C(O)CC(O)(CC(=O)O)C(=O)O. The number of ether oxygens (including phenoxy) is 1. The molecule has 1 aromatic heterocycles. The van der Waals surface area contributed by atoms with Crippen LogP contribution in [-0.2, 0) is 31.9 Å². The lowest BCUT2D eigenvalue weighted by Crippen LogP contribution is -2.57. The number of carboxylic acid groups (broad SMARTS) is 3. The number of H-pyrrole nitrogens is 1. The Labute approximate surface area is 255 Å². The summed E-state index contributed by atoms with van der Waals surface area (Å²) in [6.45, 7) is 1.80. The number of hydrogen-bond donors (Lipinski definition) is 7. The zero-order valence-corrected chi connectivity index (χ0v) is 25.2. The molecule has 0 saturated heterocycles. The number of fused-ring (bicyclic) bond motifs is 4. The van der Waals surface area contributed by atoms with Crippen molar-refractivity contribution in [1.29, 1.82) is 0 Å². The van der Waals surface area contributed by atoms with Crippen molar-refractivity contribution < 1.29 is 44.7 Å². The van der Waals surface area contributed by atoms with Gasteiger partial charge in [0.05, 0.1) is 31.1 Å². The van der Waals surface area contributed by atoms with Gasteiger partial charge in [0.15, 0.2) is 5.60 Å². The molecule has 1 spiro atoms. The third-order valence-corrected chi connectivity index (χ3v) is 8.78. The Kier molecular flexibility index (Phi) is 9.69. The van der Waals surface area contributed by atoms with Crippen LogP contribution in [0.25, 0.3) is 10.9 Å². The number of nitrogens with zero attached hydrogens (tertiary/aromatic N) is 1. The van der Waals surface area contributed by atoms with Crippen molar-refractivity contribution in [2.45, 2.75) is 55.3 Å². The molecule has 3 aromatic rings. The van der Waals surface area contributed by atoms with Crippen molar-refractivity contribution in [3.05, 3.63) is 65.4 Å². The average molecular weight is 612 g/mol. The standard InChI is InChI=1S/C26H33N3O2.C6H8O7/c1-29(2)17-19-16-25(12-13-26(19,30)18-7-5-4-6-8-18)24-21(11-14-27-25)22-15-20(31-3)9-10-23(22)28-24;7-3(8)1-6(13,5(11)12)2-4(9)10/h4-10,15,19,27-28,30H,11-14,16-17H2,1-3H3;13H,1-2H2,(H,7,8)(H,9,10)(H,11,12). The third kappa shape index (κ3) is 6.73. The van der Waals surface area contributed by atoms with Crippen molar-refractivity contribution in [1.82, 2.24) is 15.2 Å². The van der Waals surface area contributed by atoms with Crippen LogP contribution in [0, 0.1) is 5.92 Å². The van der Waals surface area contributed by atoms with Crippen LogP contribution in [0.15, 0.2) is 48.5 Å². The molecule has 5 rings (SSSR count). The number of aliphatic carboxylic acids is 3. The van der Waals surface area contributed by atoms with E-state index in [0.717, 1.165) is 50.1 Å². The van der Waals surface area contributed by atoms with Crippen LogP contribution < -0.4 is 10.1 Å². The van der Waals surface area contributed by atoms with Crippen LogP contribution in [0.5, 0.6) is 5.75 Å². The number of aromatic nitrogens is 1. The Balaban J connectivity index is 0.000000289. The van der Waals surface area contributed by atoms with Crippen molar-refractivity contribution in [3.8, 4) is 5.75 Å². The molecule has 0 bridgehead atoms. The number of rotatable bonds is 9. The monoisotopic (exact) mass is 611 g/mol. The largest absolute Gasteiger partial charge is 0.497 e. The molecular weight excluding hydrogens is 570 g/mol. The first-order valence-electron chi connectivity index (χ1n) is 14.5. The summed E-state index contributed by atoms with van der Waals surface area (Å²) >= 11 is 0. The Morgan fingerprint density at radius 2 is 1.68 bits per heavy atom. The predicted molar refractivity (Wildman–Crippen MR) is 162 cm³/mol. The van der Waals surface area contributed by atoms with E-state index in [9.17, 15) is 19.5 Å². The molecule has 3 unspecified atom stereocenters. The quantitative estimate of drug-likeness (QED) is 0.188.